The molecule has 1 fully saturated rings. The van der Waals surface area contributed by atoms with Crippen LogP contribution in [-0.2, 0) is 6.54 Å². The number of nitrogens with two attached hydrogens (primary N) is 1. The third-order valence-electron chi connectivity index (χ3n) is 5.84. The average molecular weight is 472 g/mol. The highest BCUT2D eigenvalue weighted by molar-refractivity contribution is 5.92. The van der Waals surface area contributed by atoms with Gasteiger partial charge in [-0.3, -0.25) is 9.59 Å². The molecule has 3 amide bonds. The lowest BCUT2D eigenvalue weighted by molar-refractivity contribution is 0.1000. The molecule has 0 spiro atoms. The number of hydrogen-bond donors (Lipinski definition) is 3. The van der Waals surface area contributed by atoms with Crippen LogP contribution in [-0.4, -0.2) is 49.4 Å². The summed E-state index contributed by atoms with van der Waals surface area (Å²) >= 11 is 0. The van der Waals surface area contributed by atoms with E-state index in [0.29, 0.717) is 12.1 Å². The van der Waals surface area contributed by atoms with Gasteiger partial charge in [0.2, 0.25) is 11.7 Å². The first-order chi connectivity index (χ1) is 16.7. The van der Waals surface area contributed by atoms with Crippen molar-refractivity contribution in [1.82, 2.24) is 19.8 Å². The minimum Gasteiger partial charge on any atom is -0.502 e. The number of aromatic hydroxyl groups is 1. The lowest BCUT2D eigenvalue weighted by Gasteiger charge is -2.27. The van der Waals surface area contributed by atoms with Crippen molar-refractivity contribution in [3.05, 3.63) is 93.2 Å². The van der Waals surface area contributed by atoms with E-state index in [2.05, 4.69) is 21.8 Å². The third kappa shape index (κ3) is 5.01. The van der Waals surface area contributed by atoms with E-state index in [-0.39, 0.29) is 30.4 Å². The second kappa shape index (κ2) is 9.73. The number of aromatic amines is 1. The van der Waals surface area contributed by atoms with E-state index in [4.69, 9.17) is 5.73 Å². The molecule has 0 aliphatic carbocycles. The highest BCUT2D eigenvalue weighted by Crippen LogP contribution is 2.32. The molecule has 4 N–H and O–H groups in total. The fourth-order valence-electron chi connectivity index (χ4n) is 4.03. The molecule has 3 aromatic rings. The van der Waals surface area contributed by atoms with Crippen molar-refractivity contribution in [2.75, 3.05) is 6.54 Å². The van der Waals surface area contributed by atoms with Crippen molar-refractivity contribution in [3.63, 3.8) is 0 Å². The Morgan fingerprint density at radius 3 is 2.29 bits per heavy atom. The van der Waals surface area contributed by atoms with Gasteiger partial charge in [0.15, 0.2) is 0 Å². The monoisotopic (exact) mass is 471 g/mol. The Morgan fingerprint density at radius 2 is 1.71 bits per heavy atom. The normalized spacial score (nSPS) is 15.3. The maximum atomic E-state index is 13.1. The minimum atomic E-state index is -0.639. The van der Waals surface area contributed by atoms with Crippen LogP contribution in [0.25, 0.3) is 0 Å². The first-order valence-electron chi connectivity index (χ1n) is 11.1. The van der Waals surface area contributed by atoms with E-state index < -0.39 is 17.2 Å². The standard InChI is InChI=1S/C26H25N5O4/c1-16(2)31-22(14-30(26(31)35)13-21-23(32)25(34)29-15-28-21)19-9-5-17(6-10-19)3-4-18-7-11-20(12-8-18)24(27)33/h5-12,15-16,22,32H,13-14H2,1-2H3,(H2,27,33)(H,28,29,34). The van der Waals surface area contributed by atoms with Crippen LogP contribution in [0.3, 0.4) is 0 Å². The minimum absolute atomic E-state index is 0.0341. The van der Waals surface area contributed by atoms with Gasteiger partial charge in [0.05, 0.1) is 18.9 Å². The maximum absolute atomic E-state index is 13.1. The SMILES string of the molecule is CC(C)N1C(=O)N(Cc2nc[nH]c(=O)c2O)CC1c1ccc(C#Cc2ccc(C(N)=O)cc2)cc1. The zero-order chi connectivity index (χ0) is 25.1. The molecule has 1 atom stereocenters. The lowest BCUT2D eigenvalue weighted by atomic mass is 10.0. The Bertz CT molecular complexity index is 1370. The van der Waals surface area contributed by atoms with Gasteiger partial charge in [-0.2, -0.15) is 0 Å². The molecule has 2 heterocycles. The van der Waals surface area contributed by atoms with Crippen molar-refractivity contribution in [3.8, 4) is 17.6 Å². The second-order valence-corrected chi connectivity index (χ2v) is 8.52. The first-order valence-corrected chi connectivity index (χ1v) is 11.1. The van der Waals surface area contributed by atoms with Gasteiger partial charge in [-0.15, -0.1) is 0 Å². The fraction of sp³-hybridized carbons (Fsp3) is 0.231. The molecule has 1 aromatic heterocycles. The molecule has 0 bridgehead atoms. The summed E-state index contributed by atoms with van der Waals surface area (Å²) in [6.45, 7) is 4.32. The van der Waals surface area contributed by atoms with E-state index in [1.54, 1.807) is 34.1 Å². The number of aromatic nitrogens is 2. The summed E-state index contributed by atoms with van der Waals surface area (Å²) in [6, 6.07) is 14.0. The summed E-state index contributed by atoms with van der Waals surface area (Å²) in [6.07, 6.45) is 1.21. The quantitative estimate of drug-likeness (QED) is 0.492. The number of benzene rings is 2. The molecule has 9 nitrogen and oxygen atoms in total. The Hall–Kier alpha value is -4.58. The summed E-state index contributed by atoms with van der Waals surface area (Å²) in [7, 11) is 0. The number of rotatable bonds is 5. The van der Waals surface area contributed by atoms with E-state index >= 15 is 0 Å². The van der Waals surface area contributed by atoms with Gasteiger partial charge in [0.25, 0.3) is 5.56 Å². The van der Waals surface area contributed by atoms with E-state index in [1.165, 1.54) is 6.33 Å². The van der Waals surface area contributed by atoms with Gasteiger partial charge in [0.1, 0.15) is 5.69 Å². The molecule has 0 radical (unpaired) electrons. The summed E-state index contributed by atoms with van der Waals surface area (Å²) < 4.78 is 0. The number of nitrogens with one attached hydrogen (secondary N) is 1. The van der Waals surface area contributed by atoms with Crippen LogP contribution < -0.4 is 11.3 Å². The van der Waals surface area contributed by atoms with Crippen molar-refractivity contribution < 1.29 is 14.7 Å². The molecule has 1 aliphatic rings. The van der Waals surface area contributed by atoms with Crippen LogP contribution in [0.4, 0.5) is 4.79 Å². The van der Waals surface area contributed by atoms with Crippen LogP contribution in [0, 0.1) is 11.8 Å². The first kappa shape index (κ1) is 23.6. The number of nitrogens with zero attached hydrogens (tertiary/aromatic N) is 3. The van der Waals surface area contributed by atoms with Gasteiger partial charge in [-0.05, 0) is 55.8 Å². The van der Waals surface area contributed by atoms with Crippen LogP contribution in [0.15, 0.2) is 59.7 Å². The van der Waals surface area contributed by atoms with E-state index in [9.17, 15) is 19.5 Å². The Kier molecular flexibility index (Phi) is 6.55. The molecule has 1 aliphatic heterocycles. The molecule has 2 aromatic carbocycles. The van der Waals surface area contributed by atoms with Crippen molar-refractivity contribution in [2.24, 2.45) is 5.73 Å². The summed E-state index contributed by atoms with van der Waals surface area (Å²) in [5, 5.41) is 10.0. The third-order valence-corrected chi connectivity index (χ3v) is 5.84. The van der Waals surface area contributed by atoms with Gasteiger partial charge in [0, 0.05) is 29.3 Å². The van der Waals surface area contributed by atoms with E-state index in [1.807, 2.05) is 38.1 Å². The number of urea groups is 1. The molecule has 0 saturated carbocycles. The second-order valence-electron chi connectivity index (χ2n) is 8.52. The molecule has 4 rings (SSSR count). The van der Waals surface area contributed by atoms with Gasteiger partial charge < -0.3 is 25.6 Å². The van der Waals surface area contributed by atoms with Crippen molar-refractivity contribution in [2.45, 2.75) is 32.5 Å². The van der Waals surface area contributed by atoms with Crippen LogP contribution in [0.5, 0.6) is 5.75 Å². The molecular formula is C26H25N5O4. The fourth-order valence-corrected chi connectivity index (χ4v) is 4.03. The molecule has 9 heteroatoms. The van der Waals surface area contributed by atoms with Crippen molar-refractivity contribution >= 4 is 11.9 Å². The van der Waals surface area contributed by atoms with E-state index in [0.717, 1.165) is 16.7 Å². The van der Waals surface area contributed by atoms with Gasteiger partial charge >= 0.3 is 6.03 Å². The average Bonchev–Trinajstić information content (AvgIpc) is 3.17. The topological polar surface area (TPSA) is 133 Å². The largest absolute Gasteiger partial charge is 0.502 e. The number of carbonyl (C=O) groups is 2. The van der Waals surface area contributed by atoms with Crippen LogP contribution in [0.2, 0.25) is 0 Å². The van der Waals surface area contributed by atoms with Gasteiger partial charge in [-0.1, -0.05) is 24.0 Å². The number of primary amides is 1. The number of amides is 3. The highest BCUT2D eigenvalue weighted by atomic mass is 16.3. The van der Waals surface area contributed by atoms with Gasteiger partial charge in [-0.25, -0.2) is 9.78 Å². The van der Waals surface area contributed by atoms with Crippen LogP contribution in [0.1, 0.15) is 52.6 Å². The number of H-pyrrole nitrogens is 1. The Labute approximate surface area is 202 Å². The zero-order valence-corrected chi connectivity index (χ0v) is 19.4. The predicted molar refractivity (Wildman–Crippen MR) is 129 cm³/mol. The number of carbonyl (C=O) groups excluding carboxylic acids is 2. The molecule has 35 heavy (non-hydrogen) atoms. The van der Waals surface area contributed by atoms with Crippen LogP contribution >= 0.6 is 0 Å². The summed E-state index contributed by atoms with van der Waals surface area (Å²) in [5.41, 5.74) is 7.73. The predicted octanol–water partition coefficient (Wildman–Crippen LogP) is 2.36. The molecule has 178 valence electrons. The summed E-state index contributed by atoms with van der Waals surface area (Å²) in [4.78, 5) is 45.7. The number of hydrogen-bond acceptors (Lipinski definition) is 5. The summed E-state index contributed by atoms with van der Waals surface area (Å²) in [5.74, 6) is 5.20. The maximum Gasteiger partial charge on any atom is 0.321 e. The highest BCUT2D eigenvalue weighted by Gasteiger charge is 2.39. The molecular weight excluding hydrogens is 446 g/mol. The lowest BCUT2D eigenvalue weighted by Crippen LogP contribution is -2.37. The molecule has 1 saturated heterocycles. The Balaban J connectivity index is 1.52. The zero-order valence-electron chi connectivity index (χ0n) is 19.4. The van der Waals surface area contributed by atoms with Crippen molar-refractivity contribution in [1.29, 1.82) is 0 Å². The molecule has 1 unspecified atom stereocenters. The Morgan fingerprint density at radius 1 is 1.11 bits per heavy atom. The smallest absolute Gasteiger partial charge is 0.321 e.